The van der Waals surface area contributed by atoms with E-state index in [4.69, 9.17) is 9.47 Å². The summed E-state index contributed by atoms with van der Waals surface area (Å²) in [7, 11) is 0. The molecule has 0 bridgehead atoms. The molecule has 3 rings (SSSR count). The van der Waals surface area contributed by atoms with Crippen molar-refractivity contribution in [1.29, 1.82) is 0 Å². The first kappa shape index (κ1) is 22.4. The molecule has 1 aromatic rings. The molecular weight excluding hydrogens is 384 g/mol. The summed E-state index contributed by atoms with van der Waals surface area (Å²) in [5.41, 5.74) is 0.704. The maximum atomic E-state index is 12.6. The van der Waals surface area contributed by atoms with Gasteiger partial charge in [-0.15, -0.1) is 0 Å². The highest BCUT2D eigenvalue weighted by molar-refractivity contribution is 5.89. The number of nitrogens with one attached hydrogen (secondary N) is 2. The molecular formula is C22H34N4O4. The van der Waals surface area contributed by atoms with Crippen LogP contribution in [-0.4, -0.2) is 79.8 Å². The Morgan fingerprint density at radius 3 is 2.43 bits per heavy atom. The number of piperidine rings is 1. The van der Waals surface area contributed by atoms with Crippen molar-refractivity contribution in [1.82, 2.24) is 15.1 Å². The highest BCUT2D eigenvalue weighted by Crippen LogP contribution is 2.18. The lowest BCUT2D eigenvalue weighted by atomic mass is 10.0. The van der Waals surface area contributed by atoms with Gasteiger partial charge in [-0.2, -0.15) is 0 Å². The van der Waals surface area contributed by atoms with Crippen LogP contribution in [0.1, 0.15) is 33.1 Å². The van der Waals surface area contributed by atoms with Gasteiger partial charge in [0.1, 0.15) is 5.75 Å². The summed E-state index contributed by atoms with van der Waals surface area (Å²) in [6.07, 6.45) is 3.04. The first-order chi connectivity index (χ1) is 14.5. The SMILES string of the molecule is CC[C@H](C)OC(=O)COc1ccc(NC(=O)N2CCN(C3CCNCC3)CC2)cc1. The second kappa shape index (κ2) is 11.2. The maximum Gasteiger partial charge on any atom is 0.344 e. The van der Waals surface area contributed by atoms with E-state index in [0.29, 0.717) is 17.5 Å². The fourth-order valence-corrected chi connectivity index (χ4v) is 3.78. The third-order valence-electron chi connectivity index (χ3n) is 5.80. The smallest absolute Gasteiger partial charge is 0.344 e. The molecule has 1 atom stereocenters. The van der Waals surface area contributed by atoms with Crippen LogP contribution in [0.2, 0.25) is 0 Å². The fraction of sp³-hybridized carbons (Fsp3) is 0.636. The van der Waals surface area contributed by atoms with Gasteiger partial charge in [-0.25, -0.2) is 9.59 Å². The van der Waals surface area contributed by atoms with E-state index in [0.717, 1.165) is 45.7 Å². The largest absolute Gasteiger partial charge is 0.482 e. The van der Waals surface area contributed by atoms with Crippen molar-refractivity contribution in [2.75, 3.05) is 51.2 Å². The summed E-state index contributed by atoms with van der Waals surface area (Å²) in [6.45, 7) is 9.20. The van der Waals surface area contributed by atoms with Gasteiger partial charge in [0.05, 0.1) is 6.10 Å². The number of hydrogen-bond donors (Lipinski definition) is 2. The molecule has 2 saturated heterocycles. The molecule has 8 nitrogen and oxygen atoms in total. The van der Waals surface area contributed by atoms with Crippen molar-refractivity contribution in [2.45, 2.75) is 45.3 Å². The molecule has 30 heavy (non-hydrogen) atoms. The van der Waals surface area contributed by atoms with Gasteiger partial charge < -0.3 is 25.0 Å². The van der Waals surface area contributed by atoms with Gasteiger partial charge in [0.25, 0.3) is 0 Å². The molecule has 0 saturated carbocycles. The van der Waals surface area contributed by atoms with Crippen LogP contribution in [0.5, 0.6) is 5.75 Å². The highest BCUT2D eigenvalue weighted by atomic mass is 16.6. The van der Waals surface area contributed by atoms with E-state index in [9.17, 15) is 9.59 Å². The quantitative estimate of drug-likeness (QED) is 0.661. The number of carbonyl (C=O) groups excluding carboxylic acids is 2. The van der Waals surface area contributed by atoms with Gasteiger partial charge in [-0.3, -0.25) is 4.90 Å². The molecule has 2 fully saturated rings. The van der Waals surface area contributed by atoms with Crippen molar-refractivity contribution in [3.8, 4) is 5.75 Å². The van der Waals surface area contributed by atoms with E-state index in [1.165, 1.54) is 12.8 Å². The second-order valence-electron chi connectivity index (χ2n) is 7.96. The van der Waals surface area contributed by atoms with Crippen LogP contribution in [0.15, 0.2) is 24.3 Å². The molecule has 0 aromatic heterocycles. The van der Waals surface area contributed by atoms with Crippen LogP contribution < -0.4 is 15.4 Å². The number of carbonyl (C=O) groups is 2. The topological polar surface area (TPSA) is 83.1 Å². The lowest BCUT2D eigenvalue weighted by Gasteiger charge is -2.40. The number of rotatable bonds is 7. The number of amides is 2. The van der Waals surface area contributed by atoms with Crippen molar-refractivity contribution in [3.63, 3.8) is 0 Å². The van der Waals surface area contributed by atoms with E-state index in [2.05, 4.69) is 15.5 Å². The Bertz CT molecular complexity index is 683. The van der Waals surface area contributed by atoms with E-state index in [-0.39, 0.29) is 24.7 Å². The predicted octanol–water partition coefficient (Wildman–Crippen LogP) is 2.31. The number of benzene rings is 1. The Morgan fingerprint density at radius 2 is 1.80 bits per heavy atom. The number of anilines is 1. The molecule has 1 aromatic carbocycles. The van der Waals surface area contributed by atoms with E-state index >= 15 is 0 Å². The minimum Gasteiger partial charge on any atom is -0.482 e. The molecule has 0 aliphatic carbocycles. The van der Waals surface area contributed by atoms with Gasteiger partial charge in [0.2, 0.25) is 0 Å². The molecule has 0 radical (unpaired) electrons. The summed E-state index contributed by atoms with van der Waals surface area (Å²) in [5, 5.41) is 6.35. The first-order valence-electron chi connectivity index (χ1n) is 11.0. The molecule has 2 N–H and O–H groups in total. The third kappa shape index (κ3) is 6.60. The zero-order valence-electron chi connectivity index (χ0n) is 18.1. The summed E-state index contributed by atoms with van der Waals surface area (Å²) in [4.78, 5) is 28.6. The zero-order chi connectivity index (χ0) is 21.3. The number of nitrogens with zero attached hydrogens (tertiary/aromatic N) is 2. The van der Waals surface area contributed by atoms with Crippen LogP contribution >= 0.6 is 0 Å². The van der Waals surface area contributed by atoms with Crippen LogP contribution in [0.25, 0.3) is 0 Å². The fourth-order valence-electron chi connectivity index (χ4n) is 3.78. The minimum absolute atomic E-state index is 0.0780. The van der Waals surface area contributed by atoms with E-state index in [1.807, 2.05) is 18.7 Å². The molecule has 2 amide bonds. The standard InChI is InChI=1S/C22H34N4O4/c1-3-17(2)30-21(27)16-29-20-6-4-18(5-7-20)24-22(28)26-14-12-25(13-15-26)19-8-10-23-11-9-19/h4-7,17,19,23H,3,8-16H2,1-2H3,(H,24,28)/t17-/m0/s1. The Morgan fingerprint density at radius 1 is 1.13 bits per heavy atom. The zero-order valence-corrected chi connectivity index (χ0v) is 18.1. The Labute approximate surface area is 178 Å². The van der Waals surface area contributed by atoms with Gasteiger partial charge in [0, 0.05) is 37.9 Å². The number of esters is 1. The van der Waals surface area contributed by atoms with Gasteiger partial charge in [0.15, 0.2) is 6.61 Å². The number of piperazine rings is 1. The lowest BCUT2D eigenvalue weighted by Crippen LogP contribution is -2.54. The molecule has 0 unspecified atom stereocenters. The molecule has 2 aliphatic rings. The van der Waals surface area contributed by atoms with Gasteiger partial charge in [-0.05, 0) is 63.5 Å². The first-order valence-corrected chi connectivity index (χ1v) is 11.0. The maximum absolute atomic E-state index is 12.6. The average molecular weight is 419 g/mol. The average Bonchev–Trinajstić information content (AvgIpc) is 2.79. The summed E-state index contributed by atoms with van der Waals surface area (Å²) >= 11 is 0. The minimum atomic E-state index is -0.384. The lowest BCUT2D eigenvalue weighted by molar-refractivity contribution is -0.150. The summed E-state index contributed by atoms with van der Waals surface area (Å²) in [6, 6.07) is 7.59. The van der Waals surface area contributed by atoms with Crippen LogP contribution in [0.3, 0.4) is 0 Å². The second-order valence-corrected chi connectivity index (χ2v) is 7.96. The van der Waals surface area contributed by atoms with E-state index < -0.39 is 0 Å². The molecule has 0 spiro atoms. The van der Waals surface area contributed by atoms with E-state index in [1.54, 1.807) is 24.3 Å². The summed E-state index contributed by atoms with van der Waals surface area (Å²) < 4.78 is 10.6. The van der Waals surface area contributed by atoms with Crippen LogP contribution in [0, 0.1) is 0 Å². The molecule has 8 heteroatoms. The monoisotopic (exact) mass is 418 g/mol. The number of ether oxygens (including phenoxy) is 2. The van der Waals surface area contributed by atoms with Crippen molar-refractivity contribution in [3.05, 3.63) is 24.3 Å². The predicted molar refractivity (Wildman–Crippen MR) is 116 cm³/mol. The van der Waals surface area contributed by atoms with Crippen LogP contribution in [-0.2, 0) is 9.53 Å². The van der Waals surface area contributed by atoms with Crippen molar-refractivity contribution in [2.24, 2.45) is 0 Å². The van der Waals surface area contributed by atoms with Crippen molar-refractivity contribution >= 4 is 17.7 Å². The van der Waals surface area contributed by atoms with Crippen LogP contribution in [0.4, 0.5) is 10.5 Å². The number of urea groups is 1. The normalized spacial score (nSPS) is 19.2. The Kier molecular flexibility index (Phi) is 8.33. The molecule has 2 heterocycles. The summed E-state index contributed by atoms with van der Waals surface area (Å²) in [5.74, 6) is 0.176. The van der Waals surface area contributed by atoms with Crippen molar-refractivity contribution < 1.29 is 19.1 Å². The highest BCUT2D eigenvalue weighted by Gasteiger charge is 2.27. The number of hydrogen-bond acceptors (Lipinski definition) is 6. The Balaban J connectivity index is 1.39. The van der Waals surface area contributed by atoms with Gasteiger partial charge >= 0.3 is 12.0 Å². The third-order valence-corrected chi connectivity index (χ3v) is 5.80. The molecule has 166 valence electrons. The van der Waals surface area contributed by atoms with Gasteiger partial charge in [-0.1, -0.05) is 6.92 Å². The Hall–Kier alpha value is -2.32. The molecule has 2 aliphatic heterocycles.